The van der Waals surface area contributed by atoms with E-state index in [0.717, 1.165) is 5.56 Å². The van der Waals surface area contributed by atoms with Gasteiger partial charge in [-0.2, -0.15) is 4.99 Å². The van der Waals surface area contributed by atoms with Crippen LogP contribution in [0, 0.1) is 0 Å². The predicted molar refractivity (Wildman–Crippen MR) is 64.0 cm³/mol. The topological polar surface area (TPSA) is 88.0 Å². The molecule has 0 aromatic heterocycles. The van der Waals surface area contributed by atoms with Gasteiger partial charge < -0.3 is 15.2 Å². The van der Waals surface area contributed by atoms with Crippen LogP contribution in [0.3, 0.4) is 0 Å². The molecule has 1 atom stereocenters. The van der Waals surface area contributed by atoms with E-state index in [2.05, 4.69) is 10.3 Å². The van der Waals surface area contributed by atoms with Gasteiger partial charge in [0.2, 0.25) is 0 Å². The Kier molecular flexibility index (Phi) is 3.27. The van der Waals surface area contributed by atoms with Crippen molar-refractivity contribution in [3.8, 4) is 5.75 Å². The van der Waals surface area contributed by atoms with E-state index in [1.165, 1.54) is 0 Å². The number of carbonyl (C=O) groups excluding carboxylic acids is 1. The van der Waals surface area contributed by atoms with Gasteiger partial charge in [-0.25, -0.2) is 9.59 Å². The first kappa shape index (κ1) is 12.1. The van der Waals surface area contributed by atoms with Crippen LogP contribution in [0.25, 0.3) is 0 Å². The van der Waals surface area contributed by atoms with Crippen LogP contribution < -0.4 is 10.1 Å². The molecule has 1 heterocycles. The van der Waals surface area contributed by atoms with E-state index in [9.17, 15) is 9.59 Å². The van der Waals surface area contributed by atoms with Gasteiger partial charge >= 0.3 is 12.0 Å². The van der Waals surface area contributed by atoms with Gasteiger partial charge in [0.1, 0.15) is 11.5 Å². The van der Waals surface area contributed by atoms with Gasteiger partial charge in [-0.05, 0) is 17.7 Å². The normalized spacial score (nSPS) is 18.8. The van der Waals surface area contributed by atoms with Crippen molar-refractivity contribution in [3.63, 3.8) is 0 Å². The Balaban J connectivity index is 2.21. The maximum atomic E-state index is 11.3. The summed E-state index contributed by atoms with van der Waals surface area (Å²) in [6.45, 7) is 0. The summed E-state index contributed by atoms with van der Waals surface area (Å²) in [5.41, 5.74) is 0.692. The average Bonchev–Trinajstić information content (AvgIpc) is 2.38. The minimum Gasteiger partial charge on any atom is -0.497 e. The number of ether oxygens (including phenoxy) is 1. The molecule has 6 heteroatoms. The van der Waals surface area contributed by atoms with E-state index < -0.39 is 12.0 Å². The highest BCUT2D eigenvalue weighted by molar-refractivity contribution is 6.37. The lowest BCUT2D eigenvalue weighted by Gasteiger charge is -2.21. The summed E-state index contributed by atoms with van der Waals surface area (Å²) in [6, 6.07) is 6.09. The number of methoxy groups -OCH3 is 1. The zero-order valence-corrected chi connectivity index (χ0v) is 9.71. The van der Waals surface area contributed by atoms with Crippen LogP contribution in [-0.2, 0) is 4.79 Å². The molecule has 1 aromatic rings. The first-order valence-electron chi connectivity index (χ1n) is 5.35. The van der Waals surface area contributed by atoms with Gasteiger partial charge in [0.25, 0.3) is 0 Å². The number of carboxylic acids is 1. The SMILES string of the molecule is COc1ccc([C@H]2CC(C(=O)O)=NC(=O)N2)cc1. The minimum absolute atomic E-state index is 0.125. The summed E-state index contributed by atoms with van der Waals surface area (Å²) < 4.78 is 5.03. The molecule has 2 N–H and O–H groups in total. The molecule has 0 saturated carbocycles. The van der Waals surface area contributed by atoms with Crippen molar-refractivity contribution >= 4 is 17.7 Å². The summed E-state index contributed by atoms with van der Waals surface area (Å²) in [4.78, 5) is 25.6. The molecule has 1 aromatic carbocycles. The predicted octanol–water partition coefficient (Wildman–Crippen LogP) is 1.38. The first-order valence-corrected chi connectivity index (χ1v) is 5.35. The van der Waals surface area contributed by atoms with Crippen molar-refractivity contribution in [2.24, 2.45) is 4.99 Å². The molecule has 2 rings (SSSR count). The molecule has 0 unspecified atom stereocenters. The molecule has 2 amide bonds. The molecule has 0 aliphatic carbocycles. The minimum atomic E-state index is -1.16. The molecule has 18 heavy (non-hydrogen) atoms. The maximum absolute atomic E-state index is 11.3. The molecule has 6 nitrogen and oxygen atoms in total. The third-order valence-electron chi connectivity index (χ3n) is 2.70. The smallest absolute Gasteiger partial charge is 0.350 e. The fourth-order valence-electron chi connectivity index (χ4n) is 1.77. The molecule has 0 fully saturated rings. The van der Waals surface area contributed by atoms with Gasteiger partial charge in [0.15, 0.2) is 0 Å². The van der Waals surface area contributed by atoms with E-state index in [1.54, 1.807) is 31.4 Å². The molecule has 0 saturated heterocycles. The molecular weight excluding hydrogens is 236 g/mol. The van der Waals surface area contributed by atoms with Gasteiger partial charge in [0.05, 0.1) is 13.2 Å². The lowest BCUT2D eigenvalue weighted by molar-refractivity contribution is -0.129. The second kappa shape index (κ2) is 4.87. The fourth-order valence-corrected chi connectivity index (χ4v) is 1.77. The van der Waals surface area contributed by atoms with E-state index in [-0.39, 0.29) is 18.2 Å². The fraction of sp³-hybridized carbons (Fsp3) is 0.250. The van der Waals surface area contributed by atoms with Crippen LogP contribution in [0.4, 0.5) is 4.79 Å². The van der Waals surface area contributed by atoms with E-state index in [4.69, 9.17) is 9.84 Å². The van der Waals surface area contributed by atoms with Gasteiger partial charge in [-0.3, -0.25) is 0 Å². The van der Waals surface area contributed by atoms with Crippen LogP contribution in [0.5, 0.6) is 5.75 Å². The second-order valence-corrected chi connectivity index (χ2v) is 3.84. The molecule has 1 aliphatic heterocycles. The molecular formula is C12H12N2O4. The summed E-state index contributed by atoms with van der Waals surface area (Å²) in [5.74, 6) is -0.462. The van der Waals surface area contributed by atoms with Crippen molar-refractivity contribution in [2.45, 2.75) is 12.5 Å². The van der Waals surface area contributed by atoms with Crippen molar-refractivity contribution in [1.29, 1.82) is 0 Å². The van der Waals surface area contributed by atoms with Gasteiger partial charge in [-0.15, -0.1) is 0 Å². The largest absolute Gasteiger partial charge is 0.497 e. The van der Waals surface area contributed by atoms with Crippen molar-refractivity contribution < 1.29 is 19.4 Å². The second-order valence-electron chi connectivity index (χ2n) is 3.84. The third-order valence-corrected chi connectivity index (χ3v) is 2.70. The Labute approximate surface area is 103 Å². The van der Waals surface area contributed by atoms with E-state index in [0.29, 0.717) is 5.75 Å². The number of nitrogens with one attached hydrogen (secondary N) is 1. The quantitative estimate of drug-likeness (QED) is 0.845. The number of amides is 2. The number of hydrogen-bond donors (Lipinski definition) is 2. The first-order chi connectivity index (χ1) is 8.60. The van der Waals surface area contributed by atoms with E-state index >= 15 is 0 Å². The van der Waals surface area contributed by atoms with Crippen LogP contribution in [0.1, 0.15) is 18.0 Å². The summed E-state index contributed by atoms with van der Waals surface area (Å²) in [7, 11) is 1.56. The number of carbonyl (C=O) groups is 2. The van der Waals surface area contributed by atoms with Crippen molar-refractivity contribution in [2.75, 3.05) is 7.11 Å². The number of carboxylic acid groups (broad SMARTS) is 1. The average molecular weight is 248 g/mol. The van der Waals surface area contributed by atoms with Crippen LogP contribution >= 0.6 is 0 Å². The number of aliphatic carboxylic acids is 1. The lowest BCUT2D eigenvalue weighted by Crippen LogP contribution is -2.35. The number of nitrogens with zero attached hydrogens (tertiary/aromatic N) is 1. The highest BCUT2D eigenvalue weighted by atomic mass is 16.5. The zero-order chi connectivity index (χ0) is 13.1. The Morgan fingerprint density at radius 3 is 2.67 bits per heavy atom. The number of aliphatic imine (C=N–C) groups is 1. The number of hydrogen-bond acceptors (Lipinski definition) is 3. The van der Waals surface area contributed by atoms with Gasteiger partial charge in [-0.1, -0.05) is 12.1 Å². The monoisotopic (exact) mass is 248 g/mol. The summed E-state index contributed by atoms with van der Waals surface area (Å²) >= 11 is 0. The van der Waals surface area contributed by atoms with Gasteiger partial charge in [0, 0.05) is 6.42 Å². The number of rotatable bonds is 3. The number of benzene rings is 1. The van der Waals surface area contributed by atoms with Crippen molar-refractivity contribution in [1.82, 2.24) is 5.32 Å². The lowest BCUT2D eigenvalue weighted by atomic mass is 10.00. The van der Waals surface area contributed by atoms with Crippen molar-refractivity contribution in [3.05, 3.63) is 29.8 Å². The van der Waals surface area contributed by atoms with Crippen LogP contribution in [0.2, 0.25) is 0 Å². The molecule has 94 valence electrons. The molecule has 0 radical (unpaired) electrons. The highest BCUT2D eigenvalue weighted by Crippen LogP contribution is 2.23. The van der Waals surface area contributed by atoms with Crippen LogP contribution in [-0.4, -0.2) is 29.9 Å². The molecule has 0 spiro atoms. The maximum Gasteiger partial charge on any atom is 0.350 e. The standard InChI is InChI=1S/C12H12N2O4/c1-18-8-4-2-7(3-5-8)9-6-10(11(15)16)14-12(17)13-9/h2-5,9H,6H2,1H3,(H,13,17)(H,15,16)/t9-/m1/s1. The summed E-state index contributed by atoms with van der Waals surface area (Å²) in [6.07, 6.45) is 0.174. The highest BCUT2D eigenvalue weighted by Gasteiger charge is 2.26. The Morgan fingerprint density at radius 2 is 2.11 bits per heavy atom. The molecule has 0 bridgehead atoms. The Morgan fingerprint density at radius 1 is 1.44 bits per heavy atom. The Hall–Kier alpha value is -2.37. The Bertz CT molecular complexity index is 507. The third kappa shape index (κ3) is 2.48. The van der Waals surface area contributed by atoms with E-state index in [1.807, 2.05) is 0 Å². The summed E-state index contributed by atoms with van der Waals surface area (Å²) in [5, 5.41) is 11.5. The number of urea groups is 1. The van der Waals surface area contributed by atoms with Crippen LogP contribution in [0.15, 0.2) is 29.3 Å². The molecule has 1 aliphatic rings. The zero-order valence-electron chi connectivity index (χ0n) is 9.71.